The Bertz CT molecular complexity index is 1500. The number of amides is 3. The average molecular weight is 696 g/mol. The Balaban J connectivity index is 1.36. The number of Topliss-reactive ketones (excluding diaryl/α,β-unsaturated/α-hetero) is 1. The summed E-state index contributed by atoms with van der Waals surface area (Å²) in [5, 5.41) is 8.84. The fourth-order valence-corrected chi connectivity index (χ4v) is 6.90. The van der Waals surface area contributed by atoms with Crippen LogP contribution in [-0.4, -0.2) is 83.2 Å². The van der Waals surface area contributed by atoms with Crippen LogP contribution in [0.5, 0.6) is 23.0 Å². The van der Waals surface area contributed by atoms with Gasteiger partial charge in [0, 0.05) is 49.8 Å². The molecule has 0 spiro atoms. The fourth-order valence-electron chi connectivity index (χ4n) is 6.90. The first-order valence-electron chi connectivity index (χ1n) is 17.5. The summed E-state index contributed by atoms with van der Waals surface area (Å²) in [6, 6.07) is 6.15. The molecule has 0 atom stereocenters. The molecule has 0 unspecified atom stereocenters. The van der Waals surface area contributed by atoms with Gasteiger partial charge in [-0.15, -0.1) is 0 Å². The van der Waals surface area contributed by atoms with Gasteiger partial charge >= 0.3 is 0 Å². The molecule has 2 saturated carbocycles. The maximum atomic E-state index is 13.5. The molecule has 2 aliphatic rings. The van der Waals surface area contributed by atoms with Crippen LogP contribution in [0.25, 0.3) is 0 Å². The van der Waals surface area contributed by atoms with Gasteiger partial charge in [-0.2, -0.15) is 0 Å². The molecule has 2 aliphatic carbocycles. The van der Waals surface area contributed by atoms with Crippen molar-refractivity contribution in [2.75, 3.05) is 41.5 Å². The number of ether oxygens (including phenoxy) is 4. The van der Waals surface area contributed by atoms with Crippen molar-refractivity contribution in [3.05, 3.63) is 46.5 Å². The van der Waals surface area contributed by atoms with E-state index >= 15 is 0 Å². The standard InChI is InChI=1S/C37H53N5O8/c1-47-31-20-33(49-3)28(18-26(31)30(43)7-5-6-22-8-10-23(39)11-9-22)36(45)41-24-12-14-25(15-13-24)42-37(46)29-19-27(35(44)40-17-16-38)32(48-2)21-34(29)50-4/h18-25H,5-17,38-39H2,1-4H3,(H,40,44)(H,41,45)(H,42,46). The number of ketones is 1. The predicted molar refractivity (Wildman–Crippen MR) is 190 cm³/mol. The Morgan fingerprint density at radius 3 is 1.54 bits per heavy atom. The molecule has 0 saturated heterocycles. The molecule has 2 aromatic carbocycles. The highest BCUT2D eigenvalue weighted by atomic mass is 16.5. The Morgan fingerprint density at radius 2 is 1.08 bits per heavy atom. The van der Waals surface area contributed by atoms with Crippen LogP contribution in [0.3, 0.4) is 0 Å². The first-order valence-corrected chi connectivity index (χ1v) is 17.5. The predicted octanol–water partition coefficient (Wildman–Crippen LogP) is 3.75. The van der Waals surface area contributed by atoms with Crippen LogP contribution in [0.2, 0.25) is 0 Å². The number of rotatable bonds is 16. The van der Waals surface area contributed by atoms with E-state index in [2.05, 4.69) is 16.0 Å². The molecule has 0 radical (unpaired) electrons. The number of carbonyl (C=O) groups excluding carboxylic acids is 4. The van der Waals surface area contributed by atoms with Crippen LogP contribution >= 0.6 is 0 Å². The molecule has 0 aromatic heterocycles. The third-order valence-electron chi connectivity index (χ3n) is 9.81. The molecule has 2 aromatic rings. The molecule has 7 N–H and O–H groups in total. The van der Waals surface area contributed by atoms with E-state index < -0.39 is 5.91 Å². The molecule has 274 valence electrons. The van der Waals surface area contributed by atoms with Crippen LogP contribution in [-0.2, 0) is 0 Å². The lowest BCUT2D eigenvalue weighted by molar-refractivity contribution is 0.0887. The largest absolute Gasteiger partial charge is 0.496 e. The molecular formula is C37H53N5O8. The maximum absolute atomic E-state index is 13.5. The topological polar surface area (TPSA) is 193 Å². The average Bonchev–Trinajstić information content (AvgIpc) is 3.13. The van der Waals surface area contributed by atoms with Crippen molar-refractivity contribution >= 4 is 23.5 Å². The fraction of sp³-hybridized carbons (Fsp3) is 0.568. The van der Waals surface area contributed by atoms with E-state index in [9.17, 15) is 19.2 Å². The number of hydrogen-bond acceptors (Lipinski definition) is 10. The number of carbonyl (C=O) groups is 4. The van der Waals surface area contributed by atoms with Gasteiger partial charge in [0.1, 0.15) is 23.0 Å². The lowest BCUT2D eigenvalue weighted by Crippen LogP contribution is -2.44. The molecule has 0 bridgehead atoms. The molecule has 3 amide bonds. The molecule has 0 aliphatic heterocycles. The molecule has 50 heavy (non-hydrogen) atoms. The smallest absolute Gasteiger partial charge is 0.255 e. The summed E-state index contributed by atoms with van der Waals surface area (Å²) in [5.74, 6) is 0.639. The Kier molecular flexibility index (Phi) is 14.3. The van der Waals surface area contributed by atoms with Crippen molar-refractivity contribution in [1.82, 2.24) is 16.0 Å². The summed E-state index contributed by atoms with van der Waals surface area (Å²) < 4.78 is 21.8. The molecule has 2 fully saturated rings. The zero-order chi connectivity index (χ0) is 36.2. The molecule has 0 heterocycles. The monoisotopic (exact) mass is 695 g/mol. The van der Waals surface area contributed by atoms with Crippen molar-refractivity contribution in [2.45, 2.75) is 88.8 Å². The summed E-state index contributed by atoms with van der Waals surface area (Å²) in [7, 11) is 5.85. The van der Waals surface area contributed by atoms with Gasteiger partial charge < -0.3 is 46.4 Å². The second kappa shape index (κ2) is 18.6. The van der Waals surface area contributed by atoms with Crippen molar-refractivity contribution in [2.24, 2.45) is 17.4 Å². The minimum Gasteiger partial charge on any atom is -0.496 e. The molecule has 13 heteroatoms. The highest BCUT2D eigenvalue weighted by molar-refractivity contribution is 6.05. The van der Waals surface area contributed by atoms with Crippen LogP contribution < -0.4 is 46.4 Å². The number of nitrogens with one attached hydrogen (secondary N) is 3. The highest BCUT2D eigenvalue weighted by Gasteiger charge is 2.28. The van der Waals surface area contributed by atoms with Crippen LogP contribution in [0, 0.1) is 5.92 Å². The second-order valence-corrected chi connectivity index (χ2v) is 13.1. The first kappa shape index (κ1) is 38.4. The summed E-state index contributed by atoms with van der Waals surface area (Å²) in [5.41, 5.74) is 12.6. The Labute approximate surface area is 294 Å². The van der Waals surface area contributed by atoms with E-state index in [1.807, 2.05) is 0 Å². The Hall–Kier alpha value is -4.36. The minimum absolute atomic E-state index is 0.0703. The molecular weight excluding hydrogens is 642 g/mol. The third kappa shape index (κ3) is 9.87. The lowest BCUT2D eigenvalue weighted by atomic mass is 9.83. The molecule has 13 nitrogen and oxygen atoms in total. The number of nitrogens with two attached hydrogens (primary N) is 2. The van der Waals surface area contributed by atoms with Gasteiger partial charge in [0.2, 0.25) is 0 Å². The van der Waals surface area contributed by atoms with Gasteiger partial charge in [0.25, 0.3) is 17.7 Å². The van der Waals surface area contributed by atoms with E-state index in [0.717, 1.165) is 38.5 Å². The van der Waals surface area contributed by atoms with E-state index in [1.165, 1.54) is 40.6 Å². The number of methoxy groups -OCH3 is 4. The van der Waals surface area contributed by atoms with Crippen LogP contribution in [0.4, 0.5) is 0 Å². The number of benzene rings is 2. The maximum Gasteiger partial charge on any atom is 0.255 e. The van der Waals surface area contributed by atoms with Gasteiger partial charge in [-0.3, -0.25) is 19.2 Å². The van der Waals surface area contributed by atoms with Crippen LogP contribution in [0.15, 0.2) is 24.3 Å². The SMILES string of the molecule is COc1cc(OC)c(C(=O)NC2CCC(NC(=O)c3cc(C(=O)NCCN)c(OC)cc3OC)CC2)cc1C(=O)CCCC1CCC(N)CC1. The summed E-state index contributed by atoms with van der Waals surface area (Å²) in [6.07, 6.45) is 8.90. The zero-order valence-corrected chi connectivity index (χ0v) is 29.7. The normalized spacial score (nSPS) is 20.3. The van der Waals surface area contributed by atoms with Crippen LogP contribution in [0.1, 0.15) is 112 Å². The van der Waals surface area contributed by atoms with E-state index in [4.69, 9.17) is 30.4 Å². The van der Waals surface area contributed by atoms with Gasteiger partial charge in [-0.1, -0.05) is 6.42 Å². The Morgan fingerprint density at radius 1 is 0.640 bits per heavy atom. The zero-order valence-electron chi connectivity index (χ0n) is 29.7. The lowest BCUT2D eigenvalue weighted by Gasteiger charge is -2.30. The van der Waals surface area contributed by atoms with Gasteiger partial charge in [0.15, 0.2) is 5.78 Å². The minimum atomic E-state index is -0.411. The van der Waals surface area contributed by atoms with Gasteiger partial charge in [0.05, 0.1) is 50.7 Å². The van der Waals surface area contributed by atoms with E-state index in [-0.39, 0.29) is 71.0 Å². The summed E-state index contributed by atoms with van der Waals surface area (Å²) in [6.45, 7) is 0.545. The van der Waals surface area contributed by atoms with E-state index in [0.29, 0.717) is 61.1 Å². The highest BCUT2D eigenvalue weighted by Crippen LogP contribution is 2.33. The van der Waals surface area contributed by atoms with Crippen molar-refractivity contribution < 1.29 is 38.1 Å². The van der Waals surface area contributed by atoms with Gasteiger partial charge in [-0.25, -0.2) is 0 Å². The summed E-state index contributed by atoms with van der Waals surface area (Å²) >= 11 is 0. The first-order chi connectivity index (χ1) is 24.1. The van der Waals surface area contributed by atoms with Crippen molar-refractivity contribution in [1.29, 1.82) is 0 Å². The molecule has 4 rings (SSSR count). The van der Waals surface area contributed by atoms with E-state index in [1.54, 1.807) is 12.1 Å². The second-order valence-electron chi connectivity index (χ2n) is 13.1. The van der Waals surface area contributed by atoms with Crippen molar-refractivity contribution in [3.63, 3.8) is 0 Å². The third-order valence-corrected chi connectivity index (χ3v) is 9.81. The van der Waals surface area contributed by atoms with Gasteiger partial charge in [-0.05, 0) is 75.8 Å². The van der Waals surface area contributed by atoms with Crippen molar-refractivity contribution in [3.8, 4) is 23.0 Å². The number of hydrogen-bond donors (Lipinski definition) is 5. The quantitative estimate of drug-likeness (QED) is 0.162. The summed E-state index contributed by atoms with van der Waals surface area (Å²) in [4.78, 5) is 53.0.